The van der Waals surface area contributed by atoms with E-state index in [0.717, 1.165) is 16.3 Å². The lowest BCUT2D eigenvalue weighted by molar-refractivity contribution is -0.118. The average molecular weight is 383 g/mol. The minimum atomic E-state index is -0.202. The van der Waals surface area contributed by atoms with Crippen LogP contribution in [-0.2, 0) is 17.8 Å². The van der Waals surface area contributed by atoms with Gasteiger partial charge in [-0.05, 0) is 24.2 Å². The van der Waals surface area contributed by atoms with E-state index in [-0.39, 0.29) is 30.1 Å². The van der Waals surface area contributed by atoms with Crippen molar-refractivity contribution in [3.8, 4) is 0 Å². The summed E-state index contributed by atoms with van der Waals surface area (Å²) >= 11 is 1.44. The molecule has 0 unspecified atom stereocenters. The first-order chi connectivity index (χ1) is 11.5. The molecule has 1 heterocycles. The van der Waals surface area contributed by atoms with Gasteiger partial charge in [0.2, 0.25) is 5.91 Å². The molecule has 0 aliphatic carbocycles. The fraction of sp³-hybridized carbons (Fsp3) is 0.353. The van der Waals surface area contributed by atoms with Crippen LogP contribution in [0.5, 0.6) is 0 Å². The van der Waals surface area contributed by atoms with Crippen molar-refractivity contribution < 1.29 is 9.59 Å². The van der Waals surface area contributed by atoms with E-state index in [2.05, 4.69) is 15.6 Å². The number of carbonyl (C=O) groups is 2. The zero-order valence-electron chi connectivity index (χ0n) is 14.2. The van der Waals surface area contributed by atoms with Crippen molar-refractivity contribution in [3.05, 3.63) is 45.9 Å². The molecule has 4 N–H and O–H groups in total. The first kappa shape index (κ1) is 21.1. The Bertz CT molecular complexity index is 701. The summed E-state index contributed by atoms with van der Waals surface area (Å²) in [6, 6.07) is 7.39. The third-order valence-electron chi connectivity index (χ3n) is 3.34. The average Bonchev–Trinajstić information content (AvgIpc) is 3.03. The van der Waals surface area contributed by atoms with Gasteiger partial charge >= 0.3 is 0 Å². The lowest BCUT2D eigenvalue weighted by atomic mass is 10.1. The molecule has 6 nitrogen and oxygen atoms in total. The number of carbonyl (C=O) groups excluding carboxylic acids is 2. The molecule has 1 aromatic heterocycles. The van der Waals surface area contributed by atoms with E-state index in [1.54, 1.807) is 5.38 Å². The van der Waals surface area contributed by atoms with Crippen LogP contribution in [0.4, 0.5) is 5.69 Å². The van der Waals surface area contributed by atoms with Crippen LogP contribution in [0.1, 0.15) is 34.9 Å². The van der Waals surface area contributed by atoms with Gasteiger partial charge in [0.1, 0.15) is 5.69 Å². The minimum Gasteiger partial charge on any atom is -0.347 e. The van der Waals surface area contributed by atoms with Crippen molar-refractivity contribution >= 4 is 41.2 Å². The fourth-order valence-corrected chi connectivity index (χ4v) is 2.71. The standard InChI is InChI=1S/C17H22N4O2S.ClH/c1-11(2)16(22)20-13-5-3-12(4-6-13)9-19-17(23)14-10-24-15(21-14)7-8-18;/h3-6,10-11H,7-9,18H2,1-2H3,(H,19,23)(H,20,22);1H. The molecule has 2 aromatic rings. The molecule has 0 spiro atoms. The van der Waals surface area contributed by atoms with Crippen molar-refractivity contribution in [2.45, 2.75) is 26.8 Å². The Kier molecular flexibility index (Phi) is 8.54. The number of thiazole rings is 1. The molecule has 2 rings (SSSR count). The Morgan fingerprint density at radius 2 is 1.92 bits per heavy atom. The largest absolute Gasteiger partial charge is 0.347 e. The quantitative estimate of drug-likeness (QED) is 0.685. The number of hydrogen-bond acceptors (Lipinski definition) is 5. The minimum absolute atomic E-state index is 0. The molecule has 0 saturated carbocycles. The third kappa shape index (κ3) is 6.45. The van der Waals surface area contributed by atoms with E-state index in [9.17, 15) is 9.59 Å². The van der Waals surface area contributed by atoms with Gasteiger partial charge in [-0.2, -0.15) is 0 Å². The highest BCUT2D eigenvalue weighted by molar-refractivity contribution is 7.09. The molecule has 0 atom stereocenters. The number of nitrogens with zero attached hydrogens (tertiary/aromatic N) is 1. The second-order valence-electron chi connectivity index (χ2n) is 5.69. The fourth-order valence-electron chi connectivity index (χ4n) is 1.92. The second kappa shape index (κ2) is 10.1. The second-order valence-corrected chi connectivity index (χ2v) is 6.63. The SMILES string of the molecule is CC(C)C(=O)Nc1ccc(CNC(=O)c2csc(CCN)n2)cc1.Cl. The number of anilines is 1. The van der Waals surface area contributed by atoms with Gasteiger partial charge in [0, 0.05) is 30.0 Å². The zero-order chi connectivity index (χ0) is 17.5. The Balaban J connectivity index is 0.00000312. The molecule has 0 aliphatic heterocycles. The molecular formula is C17H23ClN4O2S. The summed E-state index contributed by atoms with van der Waals surface area (Å²) < 4.78 is 0. The number of nitrogens with one attached hydrogen (secondary N) is 2. The maximum Gasteiger partial charge on any atom is 0.271 e. The summed E-state index contributed by atoms with van der Waals surface area (Å²) in [6.07, 6.45) is 0.682. The van der Waals surface area contributed by atoms with E-state index in [4.69, 9.17) is 5.73 Å². The van der Waals surface area contributed by atoms with E-state index in [0.29, 0.717) is 25.2 Å². The summed E-state index contributed by atoms with van der Waals surface area (Å²) in [6.45, 7) is 4.61. The number of amides is 2. The summed E-state index contributed by atoms with van der Waals surface area (Å²) in [5, 5.41) is 8.27. The molecular weight excluding hydrogens is 360 g/mol. The van der Waals surface area contributed by atoms with E-state index in [1.807, 2.05) is 38.1 Å². The van der Waals surface area contributed by atoms with Gasteiger partial charge in [-0.25, -0.2) is 4.98 Å². The van der Waals surface area contributed by atoms with Crippen molar-refractivity contribution in [1.29, 1.82) is 0 Å². The predicted molar refractivity (Wildman–Crippen MR) is 103 cm³/mol. The van der Waals surface area contributed by atoms with Gasteiger partial charge in [0.05, 0.1) is 5.01 Å². The molecule has 136 valence electrons. The molecule has 0 bridgehead atoms. The maximum atomic E-state index is 12.1. The van der Waals surface area contributed by atoms with E-state index in [1.165, 1.54) is 11.3 Å². The Hall–Kier alpha value is -1.96. The number of benzene rings is 1. The van der Waals surface area contributed by atoms with Gasteiger partial charge in [-0.1, -0.05) is 26.0 Å². The van der Waals surface area contributed by atoms with Crippen molar-refractivity contribution in [3.63, 3.8) is 0 Å². The molecule has 0 saturated heterocycles. The highest BCUT2D eigenvalue weighted by Crippen LogP contribution is 2.12. The monoisotopic (exact) mass is 382 g/mol. The van der Waals surface area contributed by atoms with Crippen LogP contribution in [0.2, 0.25) is 0 Å². The zero-order valence-corrected chi connectivity index (χ0v) is 15.9. The normalized spacial score (nSPS) is 10.2. The molecule has 0 aliphatic rings. The van der Waals surface area contributed by atoms with Gasteiger partial charge in [0.15, 0.2) is 0 Å². The van der Waals surface area contributed by atoms with E-state index < -0.39 is 0 Å². The maximum absolute atomic E-state index is 12.1. The molecule has 1 aromatic carbocycles. The van der Waals surface area contributed by atoms with Crippen LogP contribution in [0.3, 0.4) is 0 Å². The van der Waals surface area contributed by atoms with Gasteiger partial charge in [-0.15, -0.1) is 23.7 Å². The highest BCUT2D eigenvalue weighted by atomic mass is 35.5. The molecule has 8 heteroatoms. The lowest BCUT2D eigenvalue weighted by Gasteiger charge is -2.09. The van der Waals surface area contributed by atoms with Crippen LogP contribution >= 0.6 is 23.7 Å². The van der Waals surface area contributed by atoms with Crippen molar-refractivity contribution in [1.82, 2.24) is 10.3 Å². The Morgan fingerprint density at radius 3 is 2.52 bits per heavy atom. The lowest BCUT2D eigenvalue weighted by Crippen LogP contribution is -2.23. The number of nitrogens with two attached hydrogens (primary N) is 1. The molecule has 2 amide bonds. The first-order valence-corrected chi connectivity index (χ1v) is 8.70. The number of rotatable bonds is 7. The van der Waals surface area contributed by atoms with Crippen LogP contribution in [0.15, 0.2) is 29.6 Å². The Morgan fingerprint density at radius 1 is 1.24 bits per heavy atom. The summed E-state index contributed by atoms with van der Waals surface area (Å²) in [4.78, 5) is 28.0. The summed E-state index contributed by atoms with van der Waals surface area (Å²) in [5.74, 6) is -0.286. The van der Waals surface area contributed by atoms with Crippen LogP contribution < -0.4 is 16.4 Å². The van der Waals surface area contributed by atoms with Crippen LogP contribution in [0.25, 0.3) is 0 Å². The first-order valence-electron chi connectivity index (χ1n) is 7.82. The third-order valence-corrected chi connectivity index (χ3v) is 4.25. The smallest absolute Gasteiger partial charge is 0.271 e. The number of halogens is 1. The highest BCUT2D eigenvalue weighted by Gasteiger charge is 2.10. The van der Waals surface area contributed by atoms with Crippen molar-refractivity contribution in [2.24, 2.45) is 11.7 Å². The topological polar surface area (TPSA) is 97.1 Å². The number of aromatic nitrogens is 1. The summed E-state index contributed by atoms with van der Waals surface area (Å²) in [5.41, 5.74) is 7.59. The molecule has 25 heavy (non-hydrogen) atoms. The van der Waals surface area contributed by atoms with Gasteiger partial charge in [0.25, 0.3) is 5.91 Å². The van der Waals surface area contributed by atoms with Crippen LogP contribution in [0, 0.1) is 5.92 Å². The summed E-state index contributed by atoms with van der Waals surface area (Å²) in [7, 11) is 0. The van der Waals surface area contributed by atoms with Crippen LogP contribution in [-0.4, -0.2) is 23.3 Å². The number of hydrogen-bond donors (Lipinski definition) is 3. The van der Waals surface area contributed by atoms with Gasteiger partial charge in [-0.3, -0.25) is 9.59 Å². The van der Waals surface area contributed by atoms with Crippen molar-refractivity contribution in [2.75, 3.05) is 11.9 Å². The molecule has 0 fully saturated rings. The van der Waals surface area contributed by atoms with Gasteiger partial charge < -0.3 is 16.4 Å². The van der Waals surface area contributed by atoms with E-state index >= 15 is 0 Å². The predicted octanol–water partition coefficient (Wildman–Crippen LogP) is 2.59. The molecule has 0 radical (unpaired) electrons. The Labute approximate surface area is 157 Å².